The van der Waals surface area contributed by atoms with Gasteiger partial charge in [0, 0.05) is 31.0 Å². The molecule has 0 radical (unpaired) electrons. The molecule has 0 aliphatic carbocycles. The SMILES string of the molecule is Cc1nnc(SCCCn2cc([C@@H]3CCCNC3)nn2)s1. The monoisotopic (exact) mass is 324 g/mol. The van der Waals surface area contributed by atoms with Crippen LogP contribution in [0.5, 0.6) is 0 Å². The predicted octanol–water partition coefficient (Wildman–Crippen LogP) is 2.09. The first-order valence-corrected chi connectivity index (χ1v) is 9.15. The summed E-state index contributed by atoms with van der Waals surface area (Å²) in [7, 11) is 0. The van der Waals surface area contributed by atoms with Crippen molar-refractivity contribution in [2.75, 3.05) is 18.8 Å². The van der Waals surface area contributed by atoms with Gasteiger partial charge in [0.2, 0.25) is 0 Å². The van der Waals surface area contributed by atoms with E-state index < -0.39 is 0 Å². The third kappa shape index (κ3) is 4.24. The highest BCUT2D eigenvalue weighted by Crippen LogP contribution is 2.23. The number of nitrogens with zero attached hydrogens (tertiary/aromatic N) is 5. The van der Waals surface area contributed by atoms with Gasteiger partial charge in [-0.15, -0.1) is 15.3 Å². The Morgan fingerprint density at radius 1 is 1.43 bits per heavy atom. The van der Waals surface area contributed by atoms with E-state index in [1.165, 1.54) is 12.8 Å². The van der Waals surface area contributed by atoms with Gasteiger partial charge >= 0.3 is 0 Å². The van der Waals surface area contributed by atoms with E-state index >= 15 is 0 Å². The number of hydrogen-bond donors (Lipinski definition) is 1. The average molecular weight is 324 g/mol. The summed E-state index contributed by atoms with van der Waals surface area (Å²) in [5.41, 5.74) is 1.13. The van der Waals surface area contributed by atoms with Gasteiger partial charge in [-0.25, -0.2) is 0 Å². The number of hydrogen-bond acceptors (Lipinski definition) is 7. The van der Waals surface area contributed by atoms with Gasteiger partial charge < -0.3 is 5.32 Å². The molecule has 1 aliphatic heterocycles. The molecule has 1 saturated heterocycles. The van der Waals surface area contributed by atoms with E-state index in [-0.39, 0.29) is 0 Å². The maximum Gasteiger partial charge on any atom is 0.174 e. The summed E-state index contributed by atoms with van der Waals surface area (Å²) in [6.45, 7) is 5.06. The van der Waals surface area contributed by atoms with Gasteiger partial charge in [0.15, 0.2) is 4.34 Å². The Morgan fingerprint density at radius 3 is 3.14 bits per heavy atom. The molecule has 0 bridgehead atoms. The predicted molar refractivity (Wildman–Crippen MR) is 84.9 cm³/mol. The van der Waals surface area contributed by atoms with Crippen LogP contribution in [0.4, 0.5) is 0 Å². The van der Waals surface area contributed by atoms with Crippen molar-refractivity contribution in [2.24, 2.45) is 0 Å². The van der Waals surface area contributed by atoms with Crippen LogP contribution >= 0.6 is 23.1 Å². The molecule has 1 aliphatic rings. The number of aromatic nitrogens is 5. The summed E-state index contributed by atoms with van der Waals surface area (Å²) in [5.74, 6) is 1.57. The van der Waals surface area contributed by atoms with Crippen molar-refractivity contribution in [3.8, 4) is 0 Å². The van der Waals surface area contributed by atoms with Crippen molar-refractivity contribution < 1.29 is 0 Å². The Kier molecular flexibility index (Phi) is 5.21. The van der Waals surface area contributed by atoms with Crippen LogP contribution in [0, 0.1) is 6.92 Å². The molecular weight excluding hydrogens is 304 g/mol. The molecule has 0 aromatic carbocycles. The number of rotatable bonds is 6. The van der Waals surface area contributed by atoms with Crippen molar-refractivity contribution in [2.45, 2.75) is 43.0 Å². The average Bonchev–Trinajstić information content (AvgIpc) is 3.14. The summed E-state index contributed by atoms with van der Waals surface area (Å²) in [6.07, 6.45) is 5.62. The van der Waals surface area contributed by atoms with E-state index in [0.717, 1.165) is 46.8 Å². The molecule has 1 N–H and O–H groups in total. The van der Waals surface area contributed by atoms with Gasteiger partial charge in [0.1, 0.15) is 5.01 Å². The number of aryl methyl sites for hydroxylation is 2. The lowest BCUT2D eigenvalue weighted by Crippen LogP contribution is -2.28. The van der Waals surface area contributed by atoms with Crippen molar-refractivity contribution in [1.29, 1.82) is 0 Å². The summed E-state index contributed by atoms with van der Waals surface area (Å²) in [4.78, 5) is 0. The van der Waals surface area contributed by atoms with E-state index in [1.807, 2.05) is 11.6 Å². The van der Waals surface area contributed by atoms with Crippen LogP contribution in [0.2, 0.25) is 0 Å². The molecule has 114 valence electrons. The van der Waals surface area contributed by atoms with Gasteiger partial charge in [0.05, 0.1) is 5.69 Å². The Labute approximate surface area is 132 Å². The highest BCUT2D eigenvalue weighted by atomic mass is 32.2. The number of piperidine rings is 1. The fourth-order valence-electron chi connectivity index (χ4n) is 2.44. The highest BCUT2D eigenvalue weighted by molar-refractivity contribution is 8.01. The Hall–Kier alpha value is -0.990. The smallest absolute Gasteiger partial charge is 0.174 e. The second-order valence-electron chi connectivity index (χ2n) is 5.24. The topological polar surface area (TPSA) is 68.5 Å². The molecule has 0 spiro atoms. The van der Waals surface area contributed by atoms with E-state index in [4.69, 9.17) is 0 Å². The molecule has 0 unspecified atom stereocenters. The molecule has 1 atom stereocenters. The van der Waals surface area contributed by atoms with E-state index in [2.05, 4.69) is 32.0 Å². The molecule has 0 saturated carbocycles. The highest BCUT2D eigenvalue weighted by Gasteiger charge is 2.18. The molecule has 0 amide bonds. The largest absolute Gasteiger partial charge is 0.316 e. The Morgan fingerprint density at radius 2 is 2.38 bits per heavy atom. The maximum atomic E-state index is 4.33. The van der Waals surface area contributed by atoms with E-state index in [9.17, 15) is 0 Å². The quantitative estimate of drug-likeness (QED) is 0.648. The second-order valence-corrected chi connectivity index (χ2v) is 7.76. The molecule has 3 rings (SSSR count). The summed E-state index contributed by atoms with van der Waals surface area (Å²) in [6, 6.07) is 0. The van der Waals surface area contributed by atoms with Gasteiger partial charge in [-0.3, -0.25) is 4.68 Å². The minimum absolute atomic E-state index is 0.534. The lowest BCUT2D eigenvalue weighted by molar-refractivity contribution is 0.454. The number of thioether (sulfide) groups is 1. The third-order valence-corrected chi connectivity index (χ3v) is 5.59. The van der Waals surface area contributed by atoms with Crippen LogP contribution in [0.25, 0.3) is 0 Å². The first-order valence-electron chi connectivity index (χ1n) is 7.35. The van der Waals surface area contributed by atoms with E-state index in [1.54, 1.807) is 23.1 Å². The van der Waals surface area contributed by atoms with Crippen LogP contribution < -0.4 is 5.32 Å². The summed E-state index contributed by atoms with van der Waals surface area (Å²) < 4.78 is 3.02. The van der Waals surface area contributed by atoms with E-state index in [0.29, 0.717) is 5.92 Å². The van der Waals surface area contributed by atoms with Crippen molar-refractivity contribution in [3.63, 3.8) is 0 Å². The first-order chi connectivity index (χ1) is 10.3. The molecule has 8 heteroatoms. The minimum Gasteiger partial charge on any atom is -0.316 e. The van der Waals surface area contributed by atoms with Crippen molar-refractivity contribution in [1.82, 2.24) is 30.5 Å². The molecular formula is C13H20N6S2. The lowest BCUT2D eigenvalue weighted by Gasteiger charge is -2.20. The Balaban J connectivity index is 1.42. The van der Waals surface area contributed by atoms with Crippen LogP contribution in [-0.2, 0) is 6.54 Å². The van der Waals surface area contributed by atoms with Gasteiger partial charge in [-0.05, 0) is 32.7 Å². The van der Waals surface area contributed by atoms with Crippen LogP contribution in [-0.4, -0.2) is 44.0 Å². The lowest BCUT2D eigenvalue weighted by atomic mass is 9.97. The Bertz CT molecular complexity index is 561. The summed E-state index contributed by atoms with van der Waals surface area (Å²) >= 11 is 3.42. The molecule has 2 aromatic heterocycles. The van der Waals surface area contributed by atoms with Gasteiger partial charge in [-0.1, -0.05) is 28.3 Å². The first kappa shape index (κ1) is 14.9. The fraction of sp³-hybridized carbons (Fsp3) is 0.692. The van der Waals surface area contributed by atoms with Gasteiger partial charge in [-0.2, -0.15) is 0 Å². The zero-order chi connectivity index (χ0) is 14.5. The van der Waals surface area contributed by atoms with Crippen LogP contribution in [0.15, 0.2) is 10.5 Å². The molecule has 1 fully saturated rings. The molecule has 21 heavy (non-hydrogen) atoms. The van der Waals surface area contributed by atoms with Crippen molar-refractivity contribution in [3.05, 3.63) is 16.9 Å². The van der Waals surface area contributed by atoms with Crippen LogP contribution in [0.1, 0.15) is 35.9 Å². The zero-order valence-corrected chi connectivity index (χ0v) is 13.8. The van der Waals surface area contributed by atoms with Crippen LogP contribution in [0.3, 0.4) is 0 Å². The normalized spacial score (nSPS) is 19.0. The molecule has 2 aromatic rings. The van der Waals surface area contributed by atoms with Crippen molar-refractivity contribution >= 4 is 23.1 Å². The maximum absolute atomic E-state index is 4.33. The third-order valence-electron chi connectivity index (χ3n) is 3.54. The molecule has 3 heterocycles. The standard InChI is InChI=1S/C13H20N6S2/c1-10-15-17-13(21-10)20-7-3-6-19-9-12(16-18-19)11-4-2-5-14-8-11/h9,11,14H,2-8H2,1H3/t11-/m1/s1. The molecule has 6 nitrogen and oxygen atoms in total. The van der Waals surface area contributed by atoms with Gasteiger partial charge in [0.25, 0.3) is 0 Å². The summed E-state index contributed by atoms with van der Waals surface area (Å²) in [5, 5.41) is 21.2. The fourth-order valence-corrected chi connectivity index (χ4v) is 4.25. The zero-order valence-electron chi connectivity index (χ0n) is 12.2. The minimum atomic E-state index is 0.534. The second kappa shape index (κ2) is 7.33. The number of nitrogens with one attached hydrogen (secondary N) is 1.